The van der Waals surface area contributed by atoms with Gasteiger partial charge in [0.15, 0.2) is 0 Å². The van der Waals surface area contributed by atoms with Crippen LogP contribution in [0.15, 0.2) is 77.5 Å². The van der Waals surface area contributed by atoms with Crippen molar-refractivity contribution in [2.24, 2.45) is 5.92 Å². The molecule has 2 aromatic rings. The van der Waals surface area contributed by atoms with Crippen LogP contribution in [-0.2, 0) is 14.3 Å². The summed E-state index contributed by atoms with van der Waals surface area (Å²) in [5.74, 6) is 3.18. The van der Waals surface area contributed by atoms with E-state index in [0.29, 0.717) is 17.0 Å². The fraction of sp³-hybridized carbons (Fsp3) is 0.125. The fourth-order valence-electron chi connectivity index (χ4n) is 3.17. The van der Waals surface area contributed by atoms with Gasteiger partial charge in [-0.15, -0.1) is 0 Å². The summed E-state index contributed by atoms with van der Waals surface area (Å²) >= 11 is 4.76. The van der Waals surface area contributed by atoms with Gasteiger partial charge in [0.25, 0.3) is 0 Å². The zero-order valence-corrected chi connectivity index (χ0v) is 17.0. The highest BCUT2D eigenvalue weighted by Crippen LogP contribution is 2.34. The van der Waals surface area contributed by atoms with Gasteiger partial charge >= 0.3 is 11.9 Å². The molecule has 0 fully saturated rings. The van der Waals surface area contributed by atoms with Gasteiger partial charge in [0, 0.05) is 16.6 Å². The maximum atomic E-state index is 13.0. The number of aliphatic carboxylic acids is 1. The van der Waals surface area contributed by atoms with E-state index in [1.807, 2.05) is 60.7 Å². The summed E-state index contributed by atoms with van der Waals surface area (Å²) in [6.07, 6.45) is 0. The van der Waals surface area contributed by atoms with E-state index >= 15 is 0 Å². The molecule has 0 saturated heterocycles. The minimum Gasteiger partial charge on any atom is -0.478 e. The summed E-state index contributed by atoms with van der Waals surface area (Å²) in [5, 5.41) is 14.2. The standard InChI is InChI=1S/C24H19NO4S/c1-16-20(23(26)27)19(13-12-17-8-4-2-5-9-17)21(24(28)29-14-15-30)22(25-16)18-10-6-3-7-11-18/h2-11,15,19,25H,14H2,1H3,(H,26,27). The van der Waals surface area contributed by atoms with Crippen molar-refractivity contribution in [1.29, 1.82) is 0 Å². The molecule has 30 heavy (non-hydrogen) atoms. The number of carboxylic acid groups (broad SMARTS) is 1. The van der Waals surface area contributed by atoms with E-state index in [9.17, 15) is 14.7 Å². The molecule has 1 aliphatic rings. The normalized spacial score (nSPS) is 15.6. The number of hydrogen-bond acceptors (Lipinski definition) is 5. The predicted molar refractivity (Wildman–Crippen MR) is 118 cm³/mol. The lowest BCUT2D eigenvalue weighted by atomic mass is 9.84. The van der Waals surface area contributed by atoms with Crippen LogP contribution in [0.4, 0.5) is 0 Å². The second-order valence-corrected chi connectivity index (χ2v) is 6.79. The summed E-state index contributed by atoms with van der Waals surface area (Å²) < 4.78 is 5.25. The largest absolute Gasteiger partial charge is 0.478 e. The number of ether oxygens (including phenoxy) is 1. The third kappa shape index (κ3) is 4.65. The van der Waals surface area contributed by atoms with Gasteiger partial charge in [-0.05, 0) is 24.6 Å². The second kappa shape index (κ2) is 9.68. The molecule has 0 saturated carbocycles. The monoisotopic (exact) mass is 417 g/mol. The predicted octanol–water partition coefficient (Wildman–Crippen LogP) is 3.57. The van der Waals surface area contributed by atoms with Crippen LogP contribution in [-0.4, -0.2) is 29.0 Å². The number of hydrogen-bond donors (Lipinski definition) is 2. The Labute approximate surface area is 180 Å². The molecule has 5 nitrogen and oxygen atoms in total. The summed E-state index contributed by atoms with van der Waals surface area (Å²) in [6.45, 7) is 1.59. The van der Waals surface area contributed by atoms with Gasteiger partial charge in [-0.25, -0.2) is 9.59 Å². The Bertz CT molecular complexity index is 1090. The van der Waals surface area contributed by atoms with Crippen LogP contribution in [0.25, 0.3) is 5.70 Å². The van der Waals surface area contributed by atoms with Crippen LogP contribution in [0, 0.1) is 17.8 Å². The van der Waals surface area contributed by atoms with Crippen molar-refractivity contribution in [3.63, 3.8) is 0 Å². The van der Waals surface area contributed by atoms with Gasteiger partial charge < -0.3 is 15.2 Å². The van der Waals surface area contributed by atoms with E-state index < -0.39 is 17.9 Å². The quantitative estimate of drug-likeness (QED) is 0.440. The van der Waals surface area contributed by atoms with Crippen LogP contribution in [0.2, 0.25) is 0 Å². The first kappa shape index (κ1) is 21.0. The number of rotatable bonds is 5. The molecular formula is C24H19NO4S. The molecule has 1 atom stereocenters. The van der Waals surface area contributed by atoms with Gasteiger partial charge in [-0.2, -0.15) is 0 Å². The highest BCUT2D eigenvalue weighted by Gasteiger charge is 2.36. The Morgan fingerprint density at radius 3 is 2.33 bits per heavy atom. The molecule has 0 aliphatic carbocycles. The molecule has 0 radical (unpaired) electrons. The Morgan fingerprint density at radius 2 is 1.73 bits per heavy atom. The molecule has 0 amide bonds. The molecule has 1 unspecified atom stereocenters. The van der Waals surface area contributed by atoms with Gasteiger partial charge in [-0.3, -0.25) is 0 Å². The first-order chi connectivity index (χ1) is 14.5. The van der Waals surface area contributed by atoms with Gasteiger partial charge in [0.05, 0.1) is 22.8 Å². The average Bonchev–Trinajstić information content (AvgIpc) is 2.76. The van der Waals surface area contributed by atoms with E-state index in [2.05, 4.69) is 17.2 Å². The number of nitrogens with one attached hydrogen (secondary N) is 1. The first-order valence-corrected chi connectivity index (χ1v) is 9.68. The Morgan fingerprint density at radius 1 is 1.10 bits per heavy atom. The van der Waals surface area contributed by atoms with Gasteiger partial charge in [0.2, 0.25) is 0 Å². The maximum absolute atomic E-state index is 13.0. The minimum absolute atomic E-state index is 0.00687. The van der Waals surface area contributed by atoms with Crippen molar-refractivity contribution in [3.05, 3.63) is 88.6 Å². The first-order valence-electron chi connectivity index (χ1n) is 9.21. The smallest absolute Gasteiger partial charge is 0.338 e. The van der Waals surface area contributed by atoms with Crippen LogP contribution < -0.4 is 5.32 Å². The number of allylic oxidation sites excluding steroid dienone is 1. The minimum atomic E-state index is -1.15. The Kier molecular flexibility index (Phi) is 6.79. The van der Waals surface area contributed by atoms with Crippen LogP contribution in [0.3, 0.4) is 0 Å². The van der Waals surface area contributed by atoms with Crippen LogP contribution in [0.5, 0.6) is 0 Å². The maximum Gasteiger partial charge on any atom is 0.338 e. The third-order valence-electron chi connectivity index (χ3n) is 4.49. The van der Waals surface area contributed by atoms with Crippen LogP contribution >= 0.6 is 12.2 Å². The van der Waals surface area contributed by atoms with Crippen molar-refractivity contribution >= 4 is 35.2 Å². The molecule has 6 heteroatoms. The lowest BCUT2D eigenvalue weighted by molar-refractivity contribution is -0.137. The topological polar surface area (TPSA) is 75.6 Å². The van der Waals surface area contributed by atoms with Crippen molar-refractivity contribution in [1.82, 2.24) is 5.32 Å². The van der Waals surface area contributed by atoms with E-state index in [4.69, 9.17) is 17.0 Å². The highest BCUT2D eigenvalue weighted by molar-refractivity contribution is 7.79. The molecule has 2 N–H and O–H groups in total. The third-order valence-corrected chi connectivity index (χ3v) is 4.63. The molecule has 3 rings (SSSR count). The molecule has 1 aliphatic heterocycles. The summed E-state index contributed by atoms with van der Waals surface area (Å²) in [4.78, 5) is 25.0. The zero-order chi connectivity index (χ0) is 21.5. The number of thiocarbonyl (C=S) groups is 1. The van der Waals surface area contributed by atoms with Crippen molar-refractivity contribution in [2.75, 3.05) is 6.61 Å². The van der Waals surface area contributed by atoms with Gasteiger partial charge in [0.1, 0.15) is 6.61 Å². The van der Waals surface area contributed by atoms with E-state index in [1.165, 1.54) is 5.37 Å². The summed E-state index contributed by atoms with van der Waals surface area (Å²) in [5.41, 5.74) is 2.48. The number of benzene rings is 2. The molecule has 2 aromatic carbocycles. The van der Waals surface area contributed by atoms with Crippen LogP contribution in [0.1, 0.15) is 18.1 Å². The second-order valence-electron chi connectivity index (χ2n) is 6.46. The van der Waals surface area contributed by atoms with Crippen molar-refractivity contribution in [2.45, 2.75) is 6.92 Å². The molecule has 0 bridgehead atoms. The summed E-state index contributed by atoms with van der Waals surface area (Å²) in [7, 11) is 0. The van der Waals surface area contributed by atoms with E-state index in [1.54, 1.807) is 6.92 Å². The van der Waals surface area contributed by atoms with E-state index in [0.717, 1.165) is 5.56 Å². The lowest BCUT2D eigenvalue weighted by Crippen LogP contribution is -2.32. The molecule has 150 valence electrons. The average molecular weight is 417 g/mol. The van der Waals surface area contributed by atoms with Crippen molar-refractivity contribution in [3.8, 4) is 11.8 Å². The van der Waals surface area contributed by atoms with Crippen molar-refractivity contribution < 1.29 is 19.4 Å². The SMILES string of the molecule is CC1=C(C(=O)O)C(C#Cc2ccccc2)C(C(=O)OCC=S)=C(c2ccccc2)N1. The Hall–Kier alpha value is -3.69. The summed E-state index contributed by atoms with van der Waals surface area (Å²) in [6, 6.07) is 18.4. The fourth-order valence-corrected chi connectivity index (χ4v) is 3.24. The molecular weight excluding hydrogens is 398 g/mol. The number of dihydropyridines is 1. The number of carbonyl (C=O) groups excluding carboxylic acids is 1. The zero-order valence-electron chi connectivity index (χ0n) is 16.2. The Balaban J connectivity index is 2.20. The number of esters is 1. The molecule has 1 heterocycles. The number of carbonyl (C=O) groups is 2. The lowest BCUT2D eigenvalue weighted by Gasteiger charge is -2.28. The van der Waals surface area contributed by atoms with E-state index in [-0.39, 0.29) is 17.8 Å². The number of carboxylic acids is 1. The molecule has 0 aromatic heterocycles. The highest BCUT2D eigenvalue weighted by atomic mass is 32.1. The van der Waals surface area contributed by atoms with Gasteiger partial charge in [-0.1, -0.05) is 72.6 Å². The molecule has 0 spiro atoms.